The smallest absolute Gasteiger partial charge is 0.196 e. The van der Waals surface area contributed by atoms with Gasteiger partial charge in [0, 0.05) is 19.0 Å². The van der Waals surface area contributed by atoms with E-state index in [9.17, 15) is 4.79 Å². The molecule has 0 radical (unpaired) electrons. The molecule has 0 aliphatic rings. The van der Waals surface area contributed by atoms with Crippen LogP contribution in [0.5, 0.6) is 0 Å². The zero-order valence-electron chi connectivity index (χ0n) is 10.8. The van der Waals surface area contributed by atoms with Gasteiger partial charge in [0.15, 0.2) is 10.9 Å². The third kappa shape index (κ3) is 3.35. The Labute approximate surface area is 126 Å². The van der Waals surface area contributed by atoms with Gasteiger partial charge in [0.2, 0.25) is 0 Å². The second kappa shape index (κ2) is 6.51. The molecular weight excluding hydrogens is 294 g/mol. The molecule has 0 spiro atoms. The van der Waals surface area contributed by atoms with Gasteiger partial charge in [-0.3, -0.25) is 4.79 Å². The average molecular weight is 306 g/mol. The van der Waals surface area contributed by atoms with E-state index < -0.39 is 0 Å². The molecule has 102 valence electrons. The summed E-state index contributed by atoms with van der Waals surface area (Å²) in [5.74, 6) is -0.231. The first-order valence-corrected chi connectivity index (χ1v) is 7.30. The molecule has 0 saturated carbocycles. The van der Waals surface area contributed by atoms with E-state index in [1.807, 2.05) is 30.1 Å². The number of thiazole rings is 1. The third-order valence-electron chi connectivity index (χ3n) is 2.70. The van der Waals surface area contributed by atoms with Crippen LogP contribution in [-0.2, 0) is 6.54 Å². The van der Waals surface area contributed by atoms with Crippen LogP contribution in [0.2, 0.25) is 0 Å². The molecule has 4 nitrogen and oxygen atoms in total. The van der Waals surface area contributed by atoms with Crippen LogP contribution >= 0.6 is 22.9 Å². The Kier molecular flexibility index (Phi) is 4.72. The van der Waals surface area contributed by atoms with Gasteiger partial charge in [-0.05, 0) is 17.7 Å². The number of hydrogen-bond donors (Lipinski definition) is 0. The number of nitriles is 1. The summed E-state index contributed by atoms with van der Waals surface area (Å²) in [6.07, 6.45) is 0. The Morgan fingerprint density at radius 3 is 3.05 bits per heavy atom. The second-order valence-electron chi connectivity index (χ2n) is 4.24. The van der Waals surface area contributed by atoms with Gasteiger partial charge >= 0.3 is 0 Å². The second-order valence-corrected chi connectivity index (χ2v) is 5.34. The largest absolute Gasteiger partial charge is 0.347 e. The van der Waals surface area contributed by atoms with Gasteiger partial charge < -0.3 is 4.90 Å². The number of Topliss-reactive ketones (excluding diaryl/α,β-unsaturated/α-hetero) is 1. The maximum Gasteiger partial charge on any atom is 0.196 e. The highest BCUT2D eigenvalue weighted by molar-refractivity contribution is 7.13. The van der Waals surface area contributed by atoms with Gasteiger partial charge in [0.1, 0.15) is 5.69 Å². The highest BCUT2D eigenvalue weighted by Crippen LogP contribution is 2.21. The first-order chi connectivity index (χ1) is 9.63. The van der Waals surface area contributed by atoms with Crippen LogP contribution in [0.3, 0.4) is 0 Å². The molecular formula is C14H12ClN3OS. The van der Waals surface area contributed by atoms with E-state index in [2.05, 4.69) is 11.1 Å². The van der Waals surface area contributed by atoms with Gasteiger partial charge in [-0.1, -0.05) is 12.1 Å². The number of aromatic nitrogens is 1. The monoisotopic (exact) mass is 305 g/mol. The van der Waals surface area contributed by atoms with Crippen molar-refractivity contribution in [2.24, 2.45) is 0 Å². The summed E-state index contributed by atoms with van der Waals surface area (Å²) >= 11 is 6.91. The summed E-state index contributed by atoms with van der Waals surface area (Å²) in [5.41, 5.74) is 2.05. The zero-order chi connectivity index (χ0) is 14.5. The fraction of sp³-hybridized carbons (Fsp3) is 0.214. The van der Waals surface area contributed by atoms with Crippen molar-refractivity contribution in [2.45, 2.75) is 6.54 Å². The number of hydrogen-bond acceptors (Lipinski definition) is 5. The molecule has 2 aromatic rings. The third-order valence-corrected chi connectivity index (χ3v) is 3.90. The normalized spacial score (nSPS) is 10.1. The lowest BCUT2D eigenvalue weighted by atomic mass is 10.1. The summed E-state index contributed by atoms with van der Waals surface area (Å²) in [6.45, 7) is 0.623. The molecule has 2 rings (SSSR count). The topological polar surface area (TPSA) is 57.0 Å². The van der Waals surface area contributed by atoms with Crippen LogP contribution in [0, 0.1) is 11.3 Å². The molecule has 0 N–H and O–H groups in total. The van der Waals surface area contributed by atoms with Crippen molar-refractivity contribution in [3.63, 3.8) is 0 Å². The quantitative estimate of drug-likeness (QED) is 0.629. The van der Waals surface area contributed by atoms with E-state index in [0.29, 0.717) is 17.8 Å². The Morgan fingerprint density at radius 2 is 2.35 bits per heavy atom. The maximum absolute atomic E-state index is 11.4. The molecule has 0 bridgehead atoms. The number of ketones is 1. The number of carbonyl (C=O) groups excluding carboxylic acids is 1. The molecule has 0 saturated heterocycles. The minimum atomic E-state index is -0.172. The van der Waals surface area contributed by atoms with E-state index in [-0.39, 0.29) is 11.7 Å². The van der Waals surface area contributed by atoms with Crippen LogP contribution in [0.25, 0.3) is 0 Å². The van der Waals surface area contributed by atoms with Crippen LogP contribution in [0.1, 0.15) is 21.6 Å². The lowest BCUT2D eigenvalue weighted by molar-refractivity contribution is 0.101. The zero-order valence-corrected chi connectivity index (χ0v) is 12.4. The fourth-order valence-corrected chi connectivity index (χ4v) is 2.65. The predicted octanol–water partition coefficient (Wildman–Crippen LogP) is 3.07. The Balaban J connectivity index is 2.11. The molecule has 1 aromatic carbocycles. The van der Waals surface area contributed by atoms with Crippen molar-refractivity contribution in [1.29, 1.82) is 5.26 Å². The van der Waals surface area contributed by atoms with Crippen LogP contribution < -0.4 is 4.90 Å². The van der Waals surface area contributed by atoms with Crippen LogP contribution in [0.4, 0.5) is 5.13 Å². The first kappa shape index (κ1) is 14.5. The highest BCUT2D eigenvalue weighted by Gasteiger charge is 2.12. The van der Waals surface area contributed by atoms with Crippen molar-refractivity contribution in [2.75, 3.05) is 17.8 Å². The number of alkyl halides is 1. The lowest BCUT2D eigenvalue weighted by Gasteiger charge is -2.15. The van der Waals surface area contributed by atoms with Crippen molar-refractivity contribution in [1.82, 2.24) is 4.98 Å². The van der Waals surface area contributed by atoms with Crippen LogP contribution in [0.15, 0.2) is 29.6 Å². The van der Waals surface area contributed by atoms with Gasteiger partial charge in [0.25, 0.3) is 0 Å². The predicted molar refractivity (Wildman–Crippen MR) is 80.4 cm³/mol. The number of rotatable bonds is 5. The molecule has 0 aliphatic heterocycles. The molecule has 1 aromatic heterocycles. The number of nitrogens with zero attached hydrogens (tertiary/aromatic N) is 3. The lowest BCUT2D eigenvalue weighted by Crippen LogP contribution is -2.16. The maximum atomic E-state index is 11.4. The Bertz CT molecular complexity index is 662. The summed E-state index contributed by atoms with van der Waals surface area (Å²) in [6, 6.07) is 9.53. The van der Waals surface area contributed by atoms with E-state index in [4.69, 9.17) is 16.9 Å². The van der Waals surface area contributed by atoms with E-state index in [0.717, 1.165) is 10.7 Å². The molecule has 6 heteroatoms. The molecule has 0 unspecified atom stereocenters. The summed E-state index contributed by atoms with van der Waals surface area (Å²) in [5, 5.41) is 11.3. The van der Waals surface area contributed by atoms with Crippen molar-refractivity contribution in [3.8, 4) is 6.07 Å². The first-order valence-electron chi connectivity index (χ1n) is 5.89. The average Bonchev–Trinajstić information content (AvgIpc) is 2.96. The van der Waals surface area contributed by atoms with Crippen LogP contribution in [-0.4, -0.2) is 23.7 Å². The Morgan fingerprint density at radius 1 is 1.55 bits per heavy atom. The number of carbonyl (C=O) groups is 1. The summed E-state index contributed by atoms with van der Waals surface area (Å²) in [7, 11) is 1.90. The van der Waals surface area contributed by atoms with E-state index >= 15 is 0 Å². The standard InChI is InChI=1S/C14H12ClN3OS/c1-18(8-11-4-2-3-10(5-11)7-16)14-17-12(9-20-14)13(19)6-15/h2-5,9H,6,8H2,1H3. The molecule has 0 amide bonds. The molecule has 20 heavy (non-hydrogen) atoms. The van der Waals surface area contributed by atoms with Crippen molar-refractivity contribution >= 4 is 33.9 Å². The summed E-state index contributed by atoms with van der Waals surface area (Å²) < 4.78 is 0. The highest BCUT2D eigenvalue weighted by atomic mass is 35.5. The molecule has 0 aliphatic carbocycles. The summed E-state index contributed by atoms with van der Waals surface area (Å²) in [4.78, 5) is 17.7. The number of anilines is 1. The fourth-order valence-electron chi connectivity index (χ4n) is 1.72. The van der Waals surface area contributed by atoms with E-state index in [1.54, 1.807) is 11.4 Å². The van der Waals surface area contributed by atoms with Gasteiger partial charge in [-0.25, -0.2) is 4.98 Å². The Hall–Kier alpha value is -1.90. The molecule has 0 atom stereocenters. The molecule has 1 heterocycles. The van der Waals surface area contributed by atoms with Gasteiger partial charge in [0.05, 0.1) is 17.5 Å². The van der Waals surface area contributed by atoms with Gasteiger partial charge in [-0.2, -0.15) is 5.26 Å². The molecule has 0 fully saturated rings. The minimum absolute atomic E-state index is 0.0584. The van der Waals surface area contributed by atoms with Crippen molar-refractivity contribution in [3.05, 3.63) is 46.5 Å². The van der Waals surface area contributed by atoms with Gasteiger partial charge in [-0.15, -0.1) is 22.9 Å². The number of benzene rings is 1. The van der Waals surface area contributed by atoms with E-state index in [1.165, 1.54) is 11.3 Å². The number of halogens is 1. The SMILES string of the molecule is CN(Cc1cccc(C#N)c1)c1nc(C(=O)CCl)cs1. The minimum Gasteiger partial charge on any atom is -0.347 e. The van der Waals surface area contributed by atoms with Crippen molar-refractivity contribution < 1.29 is 4.79 Å².